The van der Waals surface area contributed by atoms with Crippen molar-refractivity contribution in [2.24, 2.45) is 0 Å². The number of hydrogen-bond donors (Lipinski definition) is 0. The van der Waals surface area contributed by atoms with E-state index in [0.717, 1.165) is 11.1 Å². The third-order valence-electron chi connectivity index (χ3n) is 5.17. The van der Waals surface area contributed by atoms with Gasteiger partial charge in [-0.05, 0) is 0 Å². The number of anilines is 2. The summed E-state index contributed by atoms with van der Waals surface area (Å²) in [5.41, 5.74) is 1.58. The topological polar surface area (TPSA) is 114 Å². The highest BCUT2D eigenvalue weighted by Crippen LogP contribution is 2.25. The van der Waals surface area contributed by atoms with E-state index in [1.807, 2.05) is 72.8 Å². The molecule has 0 N–H and O–H groups in total. The van der Waals surface area contributed by atoms with Crippen molar-refractivity contribution in [1.29, 1.82) is 10.5 Å². The second kappa shape index (κ2) is 11.4. The first-order valence-corrected chi connectivity index (χ1v) is 10.9. The molecule has 0 unspecified atom stereocenters. The lowest BCUT2D eigenvalue weighted by molar-refractivity contribution is 0.523. The van der Waals surface area contributed by atoms with E-state index < -0.39 is 11.3 Å². The van der Waals surface area contributed by atoms with Crippen LogP contribution in [0.3, 0.4) is 0 Å². The smallest absolute Gasteiger partial charge is 0.356 e. The van der Waals surface area contributed by atoms with Gasteiger partial charge in [0.2, 0.25) is 0 Å². The minimum absolute atomic E-state index is 0.0275. The molecule has 0 bridgehead atoms. The van der Waals surface area contributed by atoms with Crippen molar-refractivity contribution < 1.29 is 8.83 Å². The maximum Gasteiger partial charge on any atom is 0.356 e. The number of hydrogen-bond acceptors (Lipinski definition) is 8. The van der Waals surface area contributed by atoms with E-state index in [0.29, 0.717) is 22.9 Å². The van der Waals surface area contributed by atoms with Gasteiger partial charge >= 0.3 is 11.3 Å². The van der Waals surface area contributed by atoms with E-state index in [2.05, 4.69) is 0 Å². The van der Waals surface area contributed by atoms with Gasteiger partial charge in [0.1, 0.15) is 23.7 Å². The molecule has 2 aromatic heterocycles. The van der Waals surface area contributed by atoms with Crippen molar-refractivity contribution in [2.75, 3.05) is 38.0 Å². The minimum atomic E-state index is -0.609. The Bertz CT molecular complexity index is 1420. The SMILES string of the molecule is CN(C)c1cc(-c2ccccc2)oc(=O)c1C#N.CN(C)c1cc(-c2ccccc2)oc(=O)c1C#N. The van der Waals surface area contributed by atoms with Gasteiger partial charge in [-0.25, -0.2) is 9.59 Å². The average Bonchev–Trinajstić information content (AvgIpc) is 2.89. The first-order chi connectivity index (χ1) is 17.3. The molecule has 0 amide bonds. The van der Waals surface area contributed by atoms with Gasteiger partial charge in [-0.2, -0.15) is 10.5 Å². The highest BCUT2D eigenvalue weighted by molar-refractivity contribution is 5.68. The summed E-state index contributed by atoms with van der Waals surface area (Å²) in [4.78, 5) is 27.0. The Kier molecular flexibility index (Phi) is 8.06. The first kappa shape index (κ1) is 25.5. The Balaban J connectivity index is 0.000000201. The summed E-state index contributed by atoms with van der Waals surface area (Å²) in [5.74, 6) is 0.923. The van der Waals surface area contributed by atoms with Crippen molar-refractivity contribution in [3.8, 4) is 34.8 Å². The first-order valence-electron chi connectivity index (χ1n) is 10.9. The van der Waals surface area contributed by atoms with Gasteiger partial charge in [-0.1, -0.05) is 60.7 Å². The molecule has 2 heterocycles. The molecule has 4 rings (SSSR count). The highest BCUT2D eigenvalue weighted by Gasteiger charge is 2.15. The average molecular weight is 481 g/mol. The van der Waals surface area contributed by atoms with Crippen LogP contribution in [0.4, 0.5) is 11.4 Å². The molecule has 0 saturated heterocycles. The van der Waals surface area contributed by atoms with E-state index >= 15 is 0 Å². The zero-order valence-corrected chi connectivity index (χ0v) is 20.4. The molecule has 180 valence electrons. The maximum absolute atomic E-state index is 11.8. The molecule has 8 nitrogen and oxygen atoms in total. The lowest BCUT2D eigenvalue weighted by atomic mass is 10.1. The molecule has 2 aromatic carbocycles. The van der Waals surface area contributed by atoms with E-state index in [9.17, 15) is 9.59 Å². The molecule has 0 aliphatic rings. The van der Waals surface area contributed by atoms with Crippen LogP contribution in [0.25, 0.3) is 22.6 Å². The Hall–Kier alpha value is -5.08. The molecule has 4 aromatic rings. The fourth-order valence-corrected chi connectivity index (χ4v) is 3.36. The Labute approximate surface area is 208 Å². The summed E-state index contributed by atoms with van der Waals surface area (Å²) < 4.78 is 10.3. The zero-order valence-electron chi connectivity index (χ0n) is 20.4. The van der Waals surface area contributed by atoms with Crippen molar-refractivity contribution in [3.63, 3.8) is 0 Å². The predicted molar refractivity (Wildman–Crippen MR) is 139 cm³/mol. The van der Waals surface area contributed by atoms with Crippen LogP contribution in [0, 0.1) is 22.7 Å². The molecule has 0 saturated carbocycles. The molecular formula is C28H24N4O4. The fourth-order valence-electron chi connectivity index (χ4n) is 3.36. The van der Waals surface area contributed by atoms with Gasteiger partial charge in [0.05, 0.1) is 11.4 Å². The van der Waals surface area contributed by atoms with Crippen molar-refractivity contribution in [1.82, 2.24) is 0 Å². The standard InChI is InChI=1S/2C14H12N2O2/c2*1-16(2)12-8-13(10-6-4-3-5-7-10)18-14(17)11(12)9-15/h2*3-8H,1-2H3. The molecule has 0 radical (unpaired) electrons. The van der Waals surface area contributed by atoms with Crippen LogP contribution in [0.2, 0.25) is 0 Å². The number of nitrogens with zero attached hydrogens (tertiary/aromatic N) is 4. The molecule has 0 spiro atoms. The molecule has 8 heteroatoms. The monoisotopic (exact) mass is 480 g/mol. The summed E-state index contributed by atoms with van der Waals surface area (Å²) in [7, 11) is 7.13. The lowest BCUT2D eigenvalue weighted by Crippen LogP contribution is -2.16. The number of rotatable bonds is 4. The van der Waals surface area contributed by atoms with Crippen LogP contribution in [0.5, 0.6) is 0 Å². The van der Waals surface area contributed by atoms with Gasteiger partial charge in [0.15, 0.2) is 11.1 Å². The van der Waals surface area contributed by atoms with Crippen LogP contribution < -0.4 is 21.1 Å². The largest absolute Gasteiger partial charge is 0.422 e. The van der Waals surface area contributed by atoms with E-state index in [1.54, 1.807) is 50.1 Å². The normalized spacial score (nSPS) is 9.83. The van der Waals surface area contributed by atoms with Crippen LogP contribution >= 0.6 is 0 Å². The van der Waals surface area contributed by atoms with Crippen molar-refractivity contribution >= 4 is 11.4 Å². The summed E-state index contributed by atoms with van der Waals surface area (Å²) in [6.07, 6.45) is 0. The second-order valence-electron chi connectivity index (χ2n) is 8.06. The third kappa shape index (κ3) is 5.69. The fraction of sp³-hybridized carbons (Fsp3) is 0.143. The minimum Gasteiger partial charge on any atom is -0.422 e. The zero-order chi connectivity index (χ0) is 26.2. The van der Waals surface area contributed by atoms with Crippen LogP contribution in [-0.4, -0.2) is 28.2 Å². The molecule has 0 aliphatic carbocycles. The Morgan fingerprint density at radius 1 is 0.611 bits per heavy atom. The highest BCUT2D eigenvalue weighted by atomic mass is 16.4. The van der Waals surface area contributed by atoms with Gasteiger partial charge in [-0.3, -0.25) is 0 Å². The number of nitriles is 2. The summed E-state index contributed by atoms with van der Waals surface area (Å²) in [5, 5.41) is 17.9. The molecule has 0 atom stereocenters. The molecular weight excluding hydrogens is 456 g/mol. The second-order valence-corrected chi connectivity index (χ2v) is 8.06. The lowest BCUT2D eigenvalue weighted by Gasteiger charge is -2.14. The molecule has 36 heavy (non-hydrogen) atoms. The quantitative estimate of drug-likeness (QED) is 0.420. The van der Waals surface area contributed by atoms with Gasteiger partial charge in [0, 0.05) is 51.5 Å². The van der Waals surface area contributed by atoms with Gasteiger partial charge < -0.3 is 18.6 Å². The van der Waals surface area contributed by atoms with Crippen molar-refractivity contribution in [2.45, 2.75) is 0 Å². The van der Waals surface area contributed by atoms with Crippen LogP contribution in [-0.2, 0) is 0 Å². The number of benzene rings is 2. The van der Waals surface area contributed by atoms with E-state index in [1.165, 1.54) is 0 Å². The summed E-state index contributed by atoms with van der Waals surface area (Å²) >= 11 is 0. The van der Waals surface area contributed by atoms with Crippen molar-refractivity contribution in [3.05, 3.63) is 105 Å². The summed E-state index contributed by atoms with van der Waals surface area (Å²) in [6, 6.07) is 25.8. The summed E-state index contributed by atoms with van der Waals surface area (Å²) in [6.45, 7) is 0. The van der Waals surface area contributed by atoms with Gasteiger partial charge in [-0.15, -0.1) is 0 Å². The Morgan fingerprint density at radius 3 is 1.22 bits per heavy atom. The van der Waals surface area contributed by atoms with Crippen LogP contribution in [0.1, 0.15) is 11.1 Å². The van der Waals surface area contributed by atoms with E-state index in [-0.39, 0.29) is 11.1 Å². The third-order valence-corrected chi connectivity index (χ3v) is 5.17. The van der Waals surface area contributed by atoms with E-state index in [4.69, 9.17) is 19.4 Å². The van der Waals surface area contributed by atoms with Crippen LogP contribution in [0.15, 0.2) is 91.2 Å². The molecule has 0 aliphatic heterocycles. The molecule has 0 fully saturated rings. The Morgan fingerprint density at radius 2 is 0.944 bits per heavy atom. The maximum atomic E-state index is 11.8. The predicted octanol–water partition coefficient (Wildman–Crippen LogP) is 4.49. The van der Waals surface area contributed by atoms with Gasteiger partial charge in [0.25, 0.3) is 0 Å².